The molecule has 1 aliphatic rings. The van der Waals surface area contributed by atoms with Crippen LogP contribution in [-0.2, 0) is 9.59 Å². The number of hydrogen-bond acceptors (Lipinski definition) is 6. The van der Waals surface area contributed by atoms with Gasteiger partial charge in [0.2, 0.25) is 5.91 Å². The van der Waals surface area contributed by atoms with Crippen LogP contribution in [0.2, 0.25) is 10.0 Å². The monoisotopic (exact) mass is 494 g/mol. The molecule has 10 heteroatoms. The highest BCUT2D eigenvalue weighted by molar-refractivity contribution is 8.18. The van der Waals surface area contributed by atoms with Crippen molar-refractivity contribution in [1.82, 2.24) is 4.90 Å². The second-order valence-corrected chi connectivity index (χ2v) is 8.29. The lowest BCUT2D eigenvalue weighted by molar-refractivity contribution is -0.127. The Kier molecular flexibility index (Phi) is 8.06. The summed E-state index contributed by atoms with van der Waals surface area (Å²) in [5.74, 6) is -0.166. The van der Waals surface area contributed by atoms with E-state index in [1.54, 1.807) is 36.4 Å². The Hall–Kier alpha value is -2.68. The molecule has 0 bridgehead atoms. The maximum absolute atomic E-state index is 12.8. The van der Waals surface area contributed by atoms with E-state index in [1.807, 2.05) is 13.8 Å². The average Bonchev–Trinajstić information content (AvgIpc) is 3.00. The number of carbonyl (C=O) groups is 3. The number of thioether (sulfide) groups is 1. The van der Waals surface area contributed by atoms with Gasteiger partial charge in [-0.3, -0.25) is 19.3 Å². The molecular weight excluding hydrogens is 475 g/mol. The van der Waals surface area contributed by atoms with E-state index in [2.05, 4.69) is 5.32 Å². The van der Waals surface area contributed by atoms with Crippen molar-refractivity contribution in [1.29, 1.82) is 0 Å². The van der Waals surface area contributed by atoms with Crippen LogP contribution in [0.3, 0.4) is 0 Å². The van der Waals surface area contributed by atoms with Gasteiger partial charge in [-0.15, -0.1) is 0 Å². The van der Waals surface area contributed by atoms with Crippen LogP contribution in [0.1, 0.15) is 19.4 Å². The van der Waals surface area contributed by atoms with E-state index in [0.717, 1.165) is 16.7 Å². The molecule has 0 spiro atoms. The topological polar surface area (TPSA) is 84.9 Å². The maximum atomic E-state index is 12.8. The van der Waals surface area contributed by atoms with Crippen LogP contribution >= 0.6 is 35.0 Å². The zero-order chi connectivity index (χ0) is 23.3. The van der Waals surface area contributed by atoms with Crippen molar-refractivity contribution in [2.45, 2.75) is 13.8 Å². The van der Waals surface area contributed by atoms with Gasteiger partial charge in [-0.25, -0.2) is 0 Å². The molecule has 168 valence electrons. The number of carbonyl (C=O) groups excluding carboxylic acids is 3. The van der Waals surface area contributed by atoms with E-state index < -0.39 is 23.6 Å². The minimum Gasteiger partial charge on any atom is -0.490 e. The first kappa shape index (κ1) is 24.0. The van der Waals surface area contributed by atoms with Crippen molar-refractivity contribution < 1.29 is 23.9 Å². The quantitative estimate of drug-likeness (QED) is 0.490. The van der Waals surface area contributed by atoms with Gasteiger partial charge in [0.05, 0.1) is 33.9 Å². The molecule has 2 aromatic carbocycles. The number of rotatable bonds is 8. The second-order valence-electron chi connectivity index (χ2n) is 6.48. The molecule has 0 radical (unpaired) electrons. The predicted octanol–water partition coefficient (Wildman–Crippen LogP) is 5.47. The number of hydrogen-bond donors (Lipinski definition) is 1. The molecule has 0 saturated carbocycles. The zero-order valence-electron chi connectivity index (χ0n) is 17.3. The van der Waals surface area contributed by atoms with Crippen LogP contribution in [0, 0.1) is 0 Å². The first-order valence-corrected chi connectivity index (χ1v) is 11.3. The second kappa shape index (κ2) is 10.8. The number of nitrogens with one attached hydrogen (secondary N) is 1. The van der Waals surface area contributed by atoms with Gasteiger partial charge in [0.15, 0.2) is 11.5 Å². The minimum atomic E-state index is -0.586. The van der Waals surface area contributed by atoms with Gasteiger partial charge in [-0.05, 0) is 55.4 Å². The van der Waals surface area contributed by atoms with E-state index in [4.69, 9.17) is 32.7 Å². The fraction of sp³-hybridized carbons (Fsp3) is 0.227. The molecule has 0 unspecified atom stereocenters. The fourth-order valence-corrected chi connectivity index (χ4v) is 4.09. The van der Waals surface area contributed by atoms with Crippen LogP contribution in [0.25, 0.3) is 6.08 Å². The molecule has 1 aliphatic heterocycles. The smallest absolute Gasteiger partial charge is 0.294 e. The lowest BCUT2D eigenvalue weighted by atomic mass is 10.1. The molecule has 7 nitrogen and oxygen atoms in total. The summed E-state index contributed by atoms with van der Waals surface area (Å²) in [5.41, 5.74) is 0.885. The lowest BCUT2D eigenvalue weighted by Gasteiger charge is -2.13. The van der Waals surface area contributed by atoms with E-state index in [0.29, 0.717) is 46.0 Å². The fourth-order valence-electron chi connectivity index (χ4n) is 2.87. The Labute approximate surface area is 199 Å². The van der Waals surface area contributed by atoms with Gasteiger partial charge in [0, 0.05) is 6.07 Å². The van der Waals surface area contributed by atoms with Crippen molar-refractivity contribution in [3.8, 4) is 11.5 Å². The SMILES string of the molecule is CCOc1cc(Cl)c(/C=C2/SC(=O)N(CC(=O)Nc3ccccc3Cl)C2=O)cc1OCC. The summed E-state index contributed by atoms with van der Waals surface area (Å²) >= 11 is 13.1. The molecule has 1 fully saturated rings. The van der Waals surface area contributed by atoms with Crippen LogP contribution in [0.5, 0.6) is 11.5 Å². The van der Waals surface area contributed by atoms with Gasteiger partial charge in [-0.1, -0.05) is 35.3 Å². The third-order valence-electron chi connectivity index (χ3n) is 4.27. The first-order valence-electron chi connectivity index (χ1n) is 9.72. The summed E-state index contributed by atoms with van der Waals surface area (Å²) in [7, 11) is 0. The summed E-state index contributed by atoms with van der Waals surface area (Å²) in [6.07, 6.45) is 1.50. The number of imide groups is 1. The van der Waals surface area contributed by atoms with Crippen molar-refractivity contribution in [2.24, 2.45) is 0 Å². The van der Waals surface area contributed by atoms with Crippen molar-refractivity contribution >= 4 is 63.8 Å². The minimum absolute atomic E-state index is 0.147. The highest BCUT2D eigenvalue weighted by Crippen LogP contribution is 2.38. The van der Waals surface area contributed by atoms with Gasteiger partial charge >= 0.3 is 0 Å². The first-order chi connectivity index (χ1) is 15.3. The molecule has 3 rings (SSSR count). The maximum Gasteiger partial charge on any atom is 0.294 e. The third-order valence-corrected chi connectivity index (χ3v) is 5.84. The Morgan fingerprint density at radius 3 is 2.38 bits per heavy atom. The van der Waals surface area contributed by atoms with Crippen LogP contribution in [0.15, 0.2) is 41.3 Å². The van der Waals surface area contributed by atoms with Crippen molar-refractivity contribution in [2.75, 3.05) is 25.1 Å². The Morgan fingerprint density at radius 2 is 1.72 bits per heavy atom. The number of nitrogens with zero attached hydrogens (tertiary/aromatic N) is 1. The summed E-state index contributed by atoms with van der Waals surface area (Å²) in [6, 6.07) is 9.93. The summed E-state index contributed by atoms with van der Waals surface area (Å²) in [4.78, 5) is 38.5. The average molecular weight is 495 g/mol. The number of benzene rings is 2. The number of halogens is 2. The van der Waals surface area contributed by atoms with Crippen molar-refractivity contribution in [3.63, 3.8) is 0 Å². The van der Waals surface area contributed by atoms with Gasteiger partial charge in [-0.2, -0.15) is 0 Å². The highest BCUT2D eigenvalue weighted by Gasteiger charge is 2.36. The van der Waals surface area contributed by atoms with E-state index in [-0.39, 0.29) is 4.91 Å². The Bertz CT molecular complexity index is 1090. The van der Waals surface area contributed by atoms with Crippen LogP contribution in [-0.4, -0.2) is 41.7 Å². The van der Waals surface area contributed by atoms with E-state index in [9.17, 15) is 14.4 Å². The molecule has 1 saturated heterocycles. The third kappa shape index (κ3) is 5.56. The number of ether oxygens (including phenoxy) is 2. The van der Waals surface area contributed by atoms with Gasteiger partial charge in [0.1, 0.15) is 6.54 Å². The van der Waals surface area contributed by atoms with E-state index >= 15 is 0 Å². The molecular formula is C22H20Cl2N2O5S. The van der Waals surface area contributed by atoms with Crippen LogP contribution in [0.4, 0.5) is 10.5 Å². The molecule has 0 aromatic heterocycles. The molecule has 3 amide bonds. The van der Waals surface area contributed by atoms with Gasteiger partial charge in [0.25, 0.3) is 11.1 Å². The summed E-state index contributed by atoms with van der Waals surface area (Å²) < 4.78 is 11.1. The zero-order valence-corrected chi connectivity index (χ0v) is 19.6. The molecule has 0 atom stereocenters. The molecule has 32 heavy (non-hydrogen) atoms. The van der Waals surface area contributed by atoms with Crippen LogP contribution < -0.4 is 14.8 Å². The van der Waals surface area contributed by atoms with Crippen molar-refractivity contribution in [3.05, 3.63) is 56.9 Å². The highest BCUT2D eigenvalue weighted by atomic mass is 35.5. The molecule has 1 N–H and O–H groups in total. The lowest BCUT2D eigenvalue weighted by Crippen LogP contribution is -2.36. The number of anilines is 1. The normalized spacial score (nSPS) is 14.8. The summed E-state index contributed by atoms with van der Waals surface area (Å²) in [5, 5.41) is 2.73. The molecule has 2 aromatic rings. The van der Waals surface area contributed by atoms with E-state index in [1.165, 1.54) is 6.08 Å². The molecule has 1 heterocycles. The predicted molar refractivity (Wildman–Crippen MR) is 127 cm³/mol. The molecule has 0 aliphatic carbocycles. The number of amides is 3. The number of para-hydroxylation sites is 1. The standard InChI is InChI=1S/C22H20Cl2N2O5S/c1-3-30-17-9-13(15(24)11-18(17)31-4-2)10-19-21(28)26(22(29)32-19)12-20(27)25-16-8-6-5-7-14(16)23/h5-11H,3-4,12H2,1-2H3,(H,25,27)/b19-10+. The Morgan fingerprint density at radius 1 is 1.06 bits per heavy atom. The van der Waals surface area contributed by atoms with Gasteiger partial charge < -0.3 is 14.8 Å². The summed E-state index contributed by atoms with van der Waals surface area (Å²) in [6.45, 7) is 4.09. The Balaban J connectivity index is 1.78. The largest absolute Gasteiger partial charge is 0.490 e.